The van der Waals surface area contributed by atoms with Crippen LogP contribution in [0.25, 0.3) is 0 Å². The predicted molar refractivity (Wildman–Crippen MR) is 76.8 cm³/mol. The van der Waals surface area contributed by atoms with Crippen molar-refractivity contribution in [2.75, 3.05) is 0 Å². The van der Waals surface area contributed by atoms with Crippen molar-refractivity contribution >= 4 is 22.9 Å². The van der Waals surface area contributed by atoms with Crippen LogP contribution in [0.5, 0.6) is 0 Å². The number of hydrazine groups is 1. The summed E-state index contributed by atoms with van der Waals surface area (Å²) >= 11 is 7.38. The molecule has 2 aromatic rings. The molecule has 3 nitrogen and oxygen atoms in total. The fourth-order valence-electron chi connectivity index (χ4n) is 1.85. The Morgan fingerprint density at radius 1 is 1.47 bits per heavy atom. The monoisotopic (exact) mass is 299 g/mol. The number of nitrogens with two attached hydrogens (primary N) is 1. The topological polar surface area (TPSA) is 50.9 Å². The number of halogens is 2. The molecule has 1 aromatic heterocycles. The van der Waals surface area contributed by atoms with E-state index in [1.807, 2.05) is 12.3 Å². The van der Waals surface area contributed by atoms with Crippen molar-refractivity contribution in [1.82, 2.24) is 10.4 Å². The molecule has 1 unspecified atom stereocenters. The van der Waals surface area contributed by atoms with Gasteiger partial charge in [0.25, 0.3) is 0 Å². The minimum atomic E-state index is -0.404. The summed E-state index contributed by atoms with van der Waals surface area (Å²) < 4.78 is 13.1. The van der Waals surface area contributed by atoms with Crippen LogP contribution < -0.4 is 11.3 Å². The van der Waals surface area contributed by atoms with E-state index in [9.17, 15) is 4.39 Å². The Hall–Kier alpha value is -1.01. The molecule has 1 aromatic carbocycles. The molecule has 3 N–H and O–H groups in total. The summed E-state index contributed by atoms with van der Waals surface area (Å²) in [5.41, 5.74) is 4.73. The number of benzene rings is 1. The highest BCUT2D eigenvalue weighted by atomic mass is 35.5. The van der Waals surface area contributed by atoms with Crippen molar-refractivity contribution in [2.24, 2.45) is 5.84 Å². The first-order chi connectivity index (χ1) is 9.08. The Bertz CT molecular complexity index is 559. The second-order valence-electron chi connectivity index (χ2n) is 4.40. The van der Waals surface area contributed by atoms with E-state index in [1.54, 1.807) is 23.5 Å². The Morgan fingerprint density at radius 3 is 2.84 bits per heavy atom. The lowest BCUT2D eigenvalue weighted by Crippen LogP contribution is -2.38. The average Bonchev–Trinajstić information content (AvgIpc) is 2.78. The van der Waals surface area contributed by atoms with Gasteiger partial charge < -0.3 is 0 Å². The van der Waals surface area contributed by atoms with E-state index in [1.165, 1.54) is 6.07 Å². The van der Waals surface area contributed by atoms with E-state index >= 15 is 0 Å². The summed E-state index contributed by atoms with van der Waals surface area (Å²) in [5, 5.41) is 3.18. The van der Waals surface area contributed by atoms with Gasteiger partial charge in [-0.05, 0) is 31.0 Å². The molecule has 2 rings (SSSR count). The quantitative estimate of drug-likeness (QED) is 0.659. The molecule has 102 valence electrons. The van der Waals surface area contributed by atoms with Crippen molar-refractivity contribution in [3.63, 3.8) is 0 Å². The first kappa shape index (κ1) is 14.4. The molecule has 0 aliphatic heterocycles. The van der Waals surface area contributed by atoms with Crippen LogP contribution in [0.15, 0.2) is 23.6 Å². The number of thiazole rings is 1. The maximum absolute atomic E-state index is 13.1. The molecule has 1 heterocycles. The largest absolute Gasteiger partial charge is 0.271 e. The Morgan fingerprint density at radius 2 is 2.26 bits per heavy atom. The normalized spacial score (nSPS) is 12.6. The number of hydrogen-bond donors (Lipinski definition) is 2. The Labute approximate surface area is 120 Å². The van der Waals surface area contributed by atoms with Crippen molar-refractivity contribution in [3.8, 4) is 0 Å². The third-order valence-corrected chi connectivity index (χ3v) is 4.07. The van der Waals surface area contributed by atoms with Crippen molar-refractivity contribution < 1.29 is 4.39 Å². The Balaban J connectivity index is 2.04. The number of nitrogens with one attached hydrogen (secondary N) is 1. The maximum Gasteiger partial charge on any atom is 0.141 e. The lowest BCUT2D eigenvalue weighted by atomic mass is 10.0. The van der Waals surface area contributed by atoms with Gasteiger partial charge in [-0.25, -0.2) is 9.37 Å². The van der Waals surface area contributed by atoms with E-state index in [0.717, 1.165) is 22.7 Å². The number of aryl methyl sites for hydroxylation is 1. The molecule has 0 amide bonds. The zero-order valence-corrected chi connectivity index (χ0v) is 12.1. The average molecular weight is 300 g/mol. The van der Waals surface area contributed by atoms with Crippen molar-refractivity contribution in [3.05, 3.63) is 50.7 Å². The predicted octanol–water partition coefficient (Wildman–Crippen LogP) is 2.86. The molecule has 0 radical (unpaired) electrons. The summed E-state index contributed by atoms with van der Waals surface area (Å²) in [5.74, 6) is 5.16. The minimum Gasteiger partial charge on any atom is -0.271 e. The number of aromatic nitrogens is 1. The van der Waals surface area contributed by atoms with E-state index in [0.29, 0.717) is 6.42 Å². The summed E-state index contributed by atoms with van der Waals surface area (Å²) in [6, 6.07) is 4.78. The number of hydrogen-bond acceptors (Lipinski definition) is 4. The standard InChI is InChI=1S/C13H15ClFN3S/c1-8-7-19-13(17-8)6-10(18-16)4-9-2-3-12(15)11(14)5-9/h2-3,5,7,10,18H,4,6,16H2,1H3. The smallest absolute Gasteiger partial charge is 0.141 e. The van der Waals surface area contributed by atoms with Gasteiger partial charge in [0, 0.05) is 23.5 Å². The summed E-state index contributed by atoms with van der Waals surface area (Å²) in [6.07, 6.45) is 1.42. The van der Waals surface area contributed by atoms with Crippen LogP contribution in [0, 0.1) is 12.7 Å². The molecule has 0 spiro atoms. The lowest BCUT2D eigenvalue weighted by molar-refractivity contribution is 0.520. The fourth-order valence-corrected chi connectivity index (χ4v) is 2.90. The Kier molecular flexibility index (Phi) is 4.87. The van der Waals surface area contributed by atoms with Crippen molar-refractivity contribution in [2.45, 2.75) is 25.8 Å². The first-order valence-electron chi connectivity index (χ1n) is 5.89. The number of rotatable bonds is 5. The molecular weight excluding hydrogens is 285 g/mol. The van der Waals surface area contributed by atoms with Crippen LogP contribution in [-0.2, 0) is 12.8 Å². The van der Waals surface area contributed by atoms with Crippen molar-refractivity contribution in [1.29, 1.82) is 0 Å². The van der Waals surface area contributed by atoms with Crippen LogP contribution >= 0.6 is 22.9 Å². The van der Waals surface area contributed by atoms with E-state index in [2.05, 4.69) is 10.4 Å². The fraction of sp³-hybridized carbons (Fsp3) is 0.308. The van der Waals surface area contributed by atoms with Gasteiger partial charge in [0.15, 0.2) is 0 Å². The molecule has 0 aliphatic rings. The molecule has 0 aliphatic carbocycles. The molecule has 0 bridgehead atoms. The molecule has 1 atom stereocenters. The van der Waals surface area contributed by atoms with Gasteiger partial charge in [-0.15, -0.1) is 11.3 Å². The lowest BCUT2D eigenvalue weighted by Gasteiger charge is -2.14. The molecule has 6 heteroatoms. The highest BCUT2D eigenvalue weighted by molar-refractivity contribution is 7.09. The zero-order chi connectivity index (χ0) is 13.8. The molecular formula is C13H15ClFN3S. The van der Waals surface area contributed by atoms with Crippen LogP contribution in [0.4, 0.5) is 4.39 Å². The summed E-state index contributed by atoms with van der Waals surface area (Å²) in [6.45, 7) is 1.96. The van der Waals surface area contributed by atoms with Crippen LogP contribution in [0.1, 0.15) is 16.3 Å². The third-order valence-electron chi connectivity index (χ3n) is 2.79. The van der Waals surface area contributed by atoms with Gasteiger partial charge in [0.2, 0.25) is 0 Å². The van der Waals surface area contributed by atoms with Gasteiger partial charge in [-0.3, -0.25) is 11.3 Å². The van der Waals surface area contributed by atoms with Gasteiger partial charge in [-0.2, -0.15) is 0 Å². The molecule has 0 fully saturated rings. The second kappa shape index (κ2) is 6.43. The highest BCUT2D eigenvalue weighted by Crippen LogP contribution is 2.18. The van der Waals surface area contributed by atoms with E-state index in [-0.39, 0.29) is 11.1 Å². The maximum atomic E-state index is 13.1. The van der Waals surface area contributed by atoms with E-state index in [4.69, 9.17) is 17.4 Å². The van der Waals surface area contributed by atoms with Crippen LogP contribution in [0.2, 0.25) is 5.02 Å². The SMILES string of the molecule is Cc1csc(CC(Cc2ccc(F)c(Cl)c2)NN)n1. The molecule has 19 heavy (non-hydrogen) atoms. The van der Waals surface area contributed by atoms with E-state index < -0.39 is 5.82 Å². The zero-order valence-electron chi connectivity index (χ0n) is 10.5. The highest BCUT2D eigenvalue weighted by Gasteiger charge is 2.12. The first-order valence-corrected chi connectivity index (χ1v) is 7.15. The third kappa shape index (κ3) is 3.98. The van der Waals surface area contributed by atoms with Gasteiger partial charge in [0.1, 0.15) is 5.82 Å². The molecule has 0 saturated heterocycles. The minimum absolute atomic E-state index is 0.0482. The van der Waals surface area contributed by atoms with Gasteiger partial charge >= 0.3 is 0 Å². The van der Waals surface area contributed by atoms with Gasteiger partial charge in [0.05, 0.1) is 10.0 Å². The van der Waals surface area contributed by atoms with Gasteiger partial charge in [-0.1, -0.05) is 17.7 Å². The summed E-state index contributed by atoms with van der Waals surface area (Å²) in [7, 11) is 0. The van der Waals surface area contributed by atoms with Crippen LogP contribution in [0.3, 0.4) is 0 Å². The molecule has 0 saturated carbocycles. The summed E-state index contributed by atoms with van der Waals surface area (Å²) in [4.78, 5) is 4.41. The second-order valence-corrected chi connectivity index (χ2v) is 5.75. The number of nitrogens with zero attached hydrogens (tertiary/aromatic N) is 1. The van der Waals surface area contributed by atoms with Crippen LogP contribution in [-0.4, -0.2) is 11.0 Å².